The SMILES string of the molecule is CC.CC(C)(C)CO[B]O. The second-order valence-corrected chi connectivity index (χ2v) is 2.98. The third kappa shape index (κ3) is 15.7. The minimum atomic E-state index is 0.138. The maximum Gasteiger partial charge on any atom is 0.485 e. The molecule has 1 radical (unpaired) electrons. The first-order valence-electron chi connectivity index (χ1n) is 3.64. The van der Waals surface area contributed by atoms with Gasteiger partial charge in [-0.3, -0.25) is 0 Å². The molecule has 0 spiro atoms. The van der Waals surface area contributed by atoms with Gasteiger partial charge < -0.3 is 9.68 Å². The monoisotopic (exact) mass is 145 g/mol. The molecule has 10 heavy (non-hydrogen) atoms. The van der Waals surface area contributed by atoms with Gasteiger partial charge in [-0.2, -0.15) is 0 Å². The molecule has 0 saturated heterocycles. The molecule has 0 aromatic heterocycles. The number of rotatable bonds is 2. The van der Waals surface area contributed by atoms with Crippen LogP contribution in [-0.4, -0.2) is 19.3 Å². The minimum Gasteiger partial charge on any atom is -0.429 e. The van der Waals surface area contributed by atoms with Crippen LogP contribution in [0.25, 0.3) is 0 Å². The van der Waals surface area contributed by atoms with Gasteiger partial charge in [0, 0.05) is 6.61 Å². The number of hydrogen-bond donors (Lipinski definition) is 1. The smallest absolute Gasteiger partial charge is 0.429 e. The first kappa shape index (κ1) is 12.6. The minimum absolute atomic E-state index is 0.138. The fourth-order valence-corrected chi connectivity index (χ4v) is 0.287. The lowest BCUT2D eigenvalue weighted by Crippen LogP contribution is -2.16. The maximum atomic E-state index is 8.08. The van der Waals surface area contributed by atoms with Gasteiger partial charge in [-0.1, -0.05) is 34.6 Å². The van der Waals surface area contributed by atoms with Crippen LogP contribution in [0.5, 0.6) is 0 Å². The predicted molar refractivity (Wildman–Crippen MR) is 44.7 cm³/mol. The van der Waals surface area contributed by atoms with E-state index in [0.29, 0.717) is 6.61 Å². The van der Waals surface area contributed by atoms with Crippen LogP contribution < -0.4 is 0 Å². The van der Waals surface area contributed by atoms with Crippen LogP contribution >= 0.6 is 0 Å². The molecule has 0 rings (SSSR count). The van der Waals surface area contributed by atoms with Gasteiger partial charge in [-0.15, -0.1) is 0 Å². The Bertz CT molecular complexity index is 59.1. The van der Waals surface area contributed by atoms with Crippen LogP contribution in [-0.2, 0) is 4.65 Å². The standard InChI is InChI=1S/C5H12BO2.C2H6/c1-5(2,3)4-8-6-7;1-2/h7H,4H2,1-3H3;1-2H3. The molecular weight excluding hydrogens is 127 g/mol. The Labute approximate surface area is 64.9 Å². The molecule has 0 aliphatic heterocycles. The zero-order valence-corrected chi connectivity index (χ0v) is 7.64. The van der Waals surface area contributed by atoms with Gasteiger partial charge in [-0.25, -0.2) is 0 Å². The van der Waals surface area contributed by atoms with Crippen LogP contribution in [0.3, 0.4) is 0 Å². The first-order chi connectivity index (χ1) is 4.56. The van der Waals surface area contributed by atoms with Crippen molar-refractivity contribution in [3.05, 3.63) is 0 Å². The van der Waals surface area contributed by atoms with Gasteiger partial charge >= 0.3 is 7.69 Å². The van der Waals surface area contributed by atoms with Crippen LogP contribution in [0.15, 0.2) is 0 Å². The van der Waals surface area contributed by atoms with Crippen LogP contribution in [0.4, 0.5) is 0 Å². The molecule has 61 valence electrons. The largest absolute Gasteiger partial charge is 0.485 e. The molecule has 0 heterocycles. The summed E-state index contributed by atoms with van der Waals surface area (Å²) in [6.45, 7) is 10.7. The lowest BCUT2D eigenvalue weighted by molar-refractivity contribution is 0.182. The fraction of sp³-hybridized carbons (Fsp3) is 1.00. The van der Waals surface area contributed by atoms with Gasteiger partial charge in [0.1, 0.15) is 0 Å². The summed E-state index contributed by atoms with van der Waals surface area (Å²) in [5, 5.41) is 8.08. The van der Waals surface area contributed by atoms with E-state index in [1.54, 1.807) is 0 Å². The van der Waals surface area contributed by atoms with E-state index in [-0.39, 0.29) is 5.41 Å². The van der Waals surface area contributed by atoms with Crippen molar-refractivity contribution in [2.75, 3.05) is 6.61 Å². The van der Waals surface area contributed by atoms with E-state index in [1.165, 1.54) is 0 Å². The van der Waals surface area contributed by atoms with E-state index < -0.39 is 0 Å². The molecule has 1 N–H and O–H groups in total. The van der Waals surface area contributed by atoms with Crippen molar-refractivity contribution < 1.29 is 9.68 Å². The molecule has 0 atom stereocenters. The summed E-state index contributed by atoms with van der Waals surface area (Å²) in [6, 6.07) is 0. The Kier molecular flexibility index (Phi) is 8.97. The lowest BCUT2D eigenvalue weighted by atomic mass is 9.98. The highest BCUT2D eigenvalue weighted by molar-refractivity contribution is 6.15. The van der Waals surface area contributed by atoms with Crippen LogP contribution in [0, 0.1) is 5.41 Å². The zero-order chi connectivity index (χ0) is 8.62. The Morgan fingerprint density at radius 1 is 1.30 bits per heavy atom. The molecule has 0 bridgehead atoms. The average Bonchev–Trinajstić information content (AvgIpc) is 1.87. The molecule has 0 aliphatic carbocycles. The van der Waals surface area contributed by atoms with Gasteiger partial charge in [0.05, 0.1) is 0 Å². The Morgan fingerprint density at radius 3 is 1.80 bits per heavy atom. The summed E-state index contributed by atoms with van der Waals surface area (Å²) in [5.41, 5.74) is 0.138. The highest BCUT2D eigenvalue weighted by Gasteiger charge is 2.08. The van der Waals surface area contributed by atoms with Crippen molar-refractivity contribution in [1.82, 2.24) is 0 Å². The molecule has 0 unspecified atom stereocenters. The van der Waals surface area contributed by atoms with E-state index in [4.69, 9.17) is 5.02 Å². The topological polar surface area (TPSA) is 29.5 Å². The van der Waals surface area contributed by atoms with Crippen molar-refractivity contribution in [1.29, 1.82) is 0 Å². The van der Waals surface area contributed by atoms with Crippen molar-refractivity contribution in [2.45, 2.75) is 34.6 Å². The third-order valence-electron chi connectivity index (χ3n) is 0.591. The Hall–Kier alpha value is -0.0151. The molecule has 2 nitrogen and oxygen atoms in total. The molecule has 0 fully saturated rings. The van der Waals surface area contributed by atoms with E-state index in [0.717, 1.165) is 7.69 Å². The summed E-state index contributed by atoms with van der Waals surface area (Å²) in [6.07, 6.45) is 0. The lowest BCUT2D eigenvalue weighted by Gasteiger charge is -2.16. The van der Waals surface area contributed by atoms with Gasteiger partial charge in [0.25, 0.3) is 0 Å². The van der Waals surface area contributed by atoms with Crippen molar-refractivity contribution >= 4 is 7.69 Å². The Balaban J connectivity index is 0. The van der Waals surface area contributed by atoms with Crippen molar-refractivity contribution in [2.24, 2.45) is 5.41 Å². The summed E-state index contributed by atoms with van der Waals surface area (Å²) >= 11 is 0. The normalized spacial score (nSPS) is 9.80. The van der Waals surface area contributed by atoms with E-state index in [2.05, 4.69) is 4.65 Å². The van der Waals surface area contributed by atoms with E-state index in [1.807, 2.05) is 34.6 Å². The number of hydrogen-bond acceptors (Lipinski definition) is 2. The average molecular weight is 145 g/mol. The predicted octanol–water partition coefficient (Wildman–Crippen LogP) is 1.60. The van der Waals surface area contributed by atoms with Crippen LogP contribution in [0.2, 0.25) is 0 Å². The first-order valence-corrected chi connectivity index (χ1v) is 3.64. The van der Waals surface area contributed by atoms with Crippen molar-refractivity contribution in [3.8, 4) is 0 Å². The summed E-state index contributed by atoms with van der Waals surface area (Å²) < 4.78 is 4.63. The molecule has 0 amide bonds. The van der Waals surface area contributed by atoms with Gasteiger partial charge in [0.2, 0.25) is 0 Å². The summed E-state index contributed by atoms with van der Waals surface area (Å²) in [4.78, 5) is 0. The second-order valence-electron chi connectivity index (χ2n) is 2.98. The zero-order valence-electron chi connectivity index (χ0n) is 7.64. The maximum absolute atomic E-state index is 8.08. The molecule has 3 heteroatoms. The Morgan fingerprint density at radius 2 is 1.70 bits per heavy atom. The molecule has 0 aliphatic rings. The van der Waals surface area contributed by atoms with Crippen molar-refractivity contribution in [3.63, 3.8) is 0 Å². The van der Waals surface area contributed by atoms with E-state index >= 15 is 0 Å². The molecule has 0 aromatic carbocycles. The van der Waals surface area contributed by atoms with Gasteiger partial charge in [0.15, 0.2) is 0 Å². The summed E-state index contributed by atoms with van der Waals surface area (Å²) in [7, 11) is 0.727. The highest BCUT2D eigenvalue weighted by atomic mass is 16.5. The van der Waals surface area contributed by atoms with Crippen LogP contribution in [0.1, 0.15) is 34.6 Å². The highest BCUT2D eigenvalue weighted by Crippen LogP contribution is 2.11. The summed E-state index contributed by atoms with van der Waals surface area (Å²) in [5.74, 6) is 0. The molecule has 0 aromatic rings. The fourth-order valence-electron chi connectivity index (χ4n) is 0.287. The second kappa shape index (κ2) is 7.10. The molecular formula is C7H18BO2. The van der Waals surface area contributed by atoms with E-state index in [9.17, 15) is 0 Å². The quantitative estimate of drug-likeness (QED) is 0.598. The third-order valence-corrected chi connectivity index (χ3v) is 0.591. The van der Waals surface area contributed by atoms with Gasteiger partial charge in [-0.05, 0) is 5.41 Å². The molecule has 0 saturated carbocycles.